The maximum atomic E-state index is 15.5. The lowest BCUT2D eigenvalue weighted by molar-refractivity contribution is 0.0695. The Morgan fingerprint density at radius 2 is 1.94 bits per heavy atom. The summed E-state index contributed by atoms with van der Waals surface area (Å²) in [6.45, 7) is 1.06. The van der Waals surface area contributed by atoms with Crippen molar-refractivity contribution < 1.29 is 14.3 Å². The molecule has 3 aromatic rings. The molecule has 0 bridgehead atoms. The summed E-state index contributed by atoms with van der Waals surface area (Å²) in [5.74, 6) is -1.97. The summed E-state index contributed by atoms with van der Waals surface area (Å²) in [7, 11) is 0. The number of benzene rings is 2. The number of pyridine rings is 1. The van der Waals surface area contributed by atoms with E-state index in [-0.39, 0.29) is 33.7 Å². The first-order valence-electron chi connectivity index (χ1n) is 11.7. The molecular formula is C26H24Cl2FN3O3. The summed E-state index contributed by atoms with van der Waals surface area (Å²) in [4.78, 5) is 31.1. The number of rotatable bonds is 5. The lowest BCUT2D eigenvalue weighted by atomic mass is 10.1. The molecule has 2 fully saturated rings. The number of halogens is 3. The van der Waals surface area contributed by atoms with Crippen LogP contribution in [0.15, 0.2) is 46.3 Å². The second kappa shape index (κ2) is 9.63. The minimum absolute atomic E-state index is 0.00818. The van der Waals surface area contributed by atoms with Gasteiger partial charge >= 0.3 is 5.97 Å². The van der Waals surface area contributed by atoms with E-state index < -0.39 is 17.2 Å². The van der Waals surface area contributed by atoms with Crippen LogP contribution < -0.4 is 10.3 Å². The molecule has 1 unspecified atom stereocenters. The predicted molar refractivity (Wildman–Crippen MR) is 137 cm³/mol. The van der Waals surface area contributed by atoms with Gasteiger partial charge in [0.1, 0.15) is 11.4 Å². The van der Waals surface area contributed by atoms with Crippen LogP contribution >= 0.6 is 23.2 Å². The van der Waals surface area contributed by atoms with E-state index in [1.54, 1.807) is 10.8 Å². The number of hydrogen-bond acceptors (Lipinski definition) is 4. The van der Waals surface area contributed by atoms with Crippen molar-refractivity contribution in [2.45, 2.75) is 44.2 Å². The maximum absolute atomic E-state index is 15.5. The number of aromatic carboxylic acids is 1. The Kier molecular flexibility index (Phi) is 6.55. The van der Waals surface area contributed by atoms with Crippen LogP contribution in [0.1, 0.15) is 54.1 Å². The third kappa shape index (κ3) is 4.67. The monoisotopic (exact) mass is 515 g/mol. The topological polar surface area (TPSA) is 74.9 Å². The van der Waals surface area contributed by atoms with Crippen molar-refractivity contribution in [2.75, 3.05) is 18.0 Å². The van der Waals surface area contributed by atoms with Crippen LogP contribution in [0.25, 0.3) is 10.9 Å². The van der Waals surface area contributed by atoms with Gasteiger partial charge in [-0.1, -0.05) is 41.4 Å². The van der Waals surface area contributed by atoms with E-state index in [1.165, 1.54) is 6.20 Å². The molecule has 0 spiro atoms. The molecule has 2 aromatic carbocycles. The van der Waals surface area contributed by atoms with E-state index in [1.807, 2.05) is 29.2 Å². The zero-order valence-electron chi connectivity index (χ0n) is 18.9. The third-order valence-corrected chi connectivity index (χ3v) is 7.35. The molecule has 1 aromatic heterocycles. The number of aromatic nitrogens is 1. The maximum Gasteiger partial charge on any atom is 0.341 e. The van der Waals surface area contributed by atoms with Gasteiger partial charge in [0.25, 0.3) is 0 Å². The lowest BCUT2D eigenvalue weighted by Gasteiger charge is -2.27. The number of hydrogen-bond donors (Lipinski definition) is 1. The van der Waals surface area contributed by atoms with Crippen molar-refractivity contribution in [1.82, 2.24) is 4.57 Å². The molecule has 5 rings (SSSR count). The van der Waals surface area contributed by atoms with Gasteiger partial charge in [0.05, 0.1) is 27.7 Å². The Bertz CT molecular complexity index is 1400. The molecule has 2 aliphatic rings. The minimum Gasteiger partial charge on any atom is -0.477 e. The molecule has 9 heteroatoms. The Hall–Kier alpha value is -2.90. The second-order valence-electron chi connectivity index (χ2n) is 9.13. The lowest BCUT2D eigenvalue weighted by Crippen LogP contribution is -2.31. The molecule has 2 heterocycles. The SMILES string of the molecule is O=C(O)c1cn(C2CC2)c2c(Cl)c(N3CCCCC(N=Cc4ccccc4Cl)C3)c(F)cc2c1=O. The van der Waals surface area contributed by atoms with Gasteiger partial charge in [0, 0.05) is 42.1 Å². The number of aliphatic imine (C=N–C) groups is 1. The first-order chi connectivity index (χ1) is 16.8. The summed E-state index contributed by atoms with van der Waals surface area (Å²) in [5, 5.41) is 10.2. The molecule has 35 heavy (non-hydrogen) atoms. The smallest absolute Gasteiger partial charge is 0.341 e. The van der Waals surface area contributed by atoms with Crippen LogP contribution in [0.2, 0.25) is 10.0 Å². The third-order valence-electron chi connectivity index (χ3n) is 6.65. The first-order valence-corrected chi connectivity index (χ1v) is 12.4. The molecular weight excluding hydrogens is 492 g/mol. The van der Waals surface area contributed by atoms with E-state index in [2.05, 4.69) is 0 Å². The molecule has 6 nitrogen and oxygen atoms in total. The summed E-state index contributed by atoms with van der Waals surface area (Å²) in [6.07, 6.45) is 7.43. The Labute approximate surface area is 211 Å². The average molecular weight is 516 g/mol. The number of carbonyl (C=O) groups is 1. The van der Waals surface area contributed by atoms with Crippen molar-refractivity contribution >= 4 is 52.0 Å². The molecule has 0 radical (unpaired) electrons. The Morgan fingerprint density at radius 3 is 2.66 bits per heavy atom. The average Bonchev–Trinajstić information content (AvgIpc) is 3.67. The Morgan fingerprint density at radius 1 is 1.17 bits per heavy atom. The van der Waals surface area contributed by atoms with Crippen LogP contribution in [0.3, 0.4) is 0 Å². The molecule has 182 valence electrons. The zero-order chi connectivity index (χ0) is 24.7. The molecule has 1 N–H and O–H groups in total. The van der Waals surface area contributed by atoms with Crippen molar-refractivity contribution in [1.29, 1.82) is 0 Å². The highest BCUT2D eigenvalue weighted by Gasteiger charge is 2.31. The van der Waals surface area contributed by atoms with Crippen molar-refractivity contribution in [2.24, 2.45) is 4.99 Å². The molecule has 1 saturated carbocycles. The van der Waals surface area contributed by atoms with E-state index >= 15 is 4.39 Å². The van der Waals surface area contributed by atoms with Crippen LogP contribution in [-0.2, 0) is 0 Å². The number of carboxylic acids is 1. The quantitative estimate of drug-likeness (QED) is 0.425. The van der Waals surface area contributed by atoms with Crippen LogP contribution in [0.5, 0.6) is 0 Å². The van der Waals surface area contributed by atoms with Gasteiger partial charge in [-0.3, -0.25) is 9.79 Å². The van der Waals surface area contributed by atoms with Crippen LogP contribution in [0, 0.1) is 5.82 Å². The van der Waals surface area contributed by atoms with Gasteiger partial charge in [0.2, 0.25) is 5.43 Å². The van der Waals surface area contributed by atoms with Crippen molar-refractivity contribution in [3.8, 4) is 0 Å². The highest BCUT2D eigenvalue weighted by atomic mass is 35.5. The fourth-order valence-corrected chi connectivity index (χ4v) is 5.32. The van der Waals surface area contributed by atoms with Gasteiger partial charge in [-0.15, -0.1) is 0 Å². The van der Waals surface area contributed by atoms with Crippen LogP contribution in [-0.4, -0.2) is 41.0 Å². The van der Waals surface area contributed by atoms with E-state index in [9.17, 15) is 14.7 Å². The first kappa shape index (κ1) is 23.8. The zero-order valence-corrected chi connectivity index (χ0v) is 20.4. The van der Waals surface area contributed by atoms with E-state index in [0.717, 1.165) is 43.7 Å². The fourth-order valence-electron chi connectivity index (χ4n) is 4.72. The van der Waals surface area contributed by atoms with Gasteiger partial charge in [-0.25, -0.2) is 9.18 Å². The summed E-state index contributed by atoms with van der Waals surface area (Å²) < 4.78 is 17.2. The molecule has 1 aliphatic heterocycles. The summed E-state index contributed by atoms with van der Waals surface area (Å²) in [5.41, 5.74) is 0.339. The number of nitrogens with zero attached hydrogens (tertiary/aromatic N) is 3. The number of anilines is 1. The molecule has 1 saturated heterocycles. The Balaban J connectivity index is 1.56. The second-order valence-corrected chi connectivity index (χ2v) is 9.91. The normalized spacial score (nSPS) is 18.8. The highest BCUT2D eigenvalue weighted by Crippen LogP contribution is 2.42. The number of fused-ring (bicyclic) bond motifs is 1. The highest BCUT2D eigenvalue weighted by molar-refractivity contribution is 6.38. The van der Waals surface area contributed by atoms with Crippen molar-refractivity contribution in [3.63, 3.8) is 0 Å². The van der Waals surface area contributed by atoms with E-state index in [0.29, 0.717) is 23.6 Å². The molecule has 0 amide bonds. The van der Waals surface area contributed by atoms with Gasteiger partial charge in [-0.2, -0.15) is 0 Å². The molecule has 1 atom stereocenters. The standard InChI is InChI=1S/C26H24Cl2FN3O3/c27-20-7-2-1-5-15(20)12-30-16-6-3-4-10-31(13-16)24-21(29)11-18-23(22(24)28)32(17-8-9-17)14-19(25(18)33)26(34)35/h1-2,5,7,11-12,14,16-17H,3-4,6,8-10,13H2,(H,34,35). The number of carboxylic acid groups (broad SMARTS) is 1. The fraction of sp³-hybridized carbons (Fsp3) is 0.346. The minimum atomic E-state index is -1.33. The predicted octanol–water partition coefficient (Wildman–Crippen LogP) is 5.96. The van der Waals surface area contributed by atoms with Gasteiger partial charge < -0.3 is 14.6 Å². The largest absolute Gasteiger partial charge is 0.477 e. The van der Waals surface area contributed by atoms with Crippen LogP contribution in [0.4, 0.5) is 10.1 Å². The van der Waals surface area contributed by atoms with Gasteiger partial charge in [0.15, 0.2) is 0 Å². The van der Waals surface area contributed by atoms with E-state index in [4.69, 9.17) is 28.2 Å². The molecule has 1 aliphatic carbocycles. The summed E-state index contributed by atoms with van der Waals surface area (Å²) in [6, 6.07) is 8.55. The summed E-state index contributed by atoms with van der Waals surface area (Å²) >= 11 is 13.1. The van der Waals surface area contributed by atoms with Crippen molar-refractivity contribution in [3.05, 3.63) is 73.7 Å². The van der Waals surface area contributed by atoms with Gasteiger partial charge in [-0.05, 0) is 44.2 Å².